The molecular weight excluding hydrogens is 171 g/mol. The van der Waals surface area contributed by atoms with E-state index in [4.69, 9.17) is 0 Å². The lowest BCUT2D eigenvalue weighted by molar-refractivity contribution is 0.599. The van der Waals surface area contributed by atoms with Crippen molar-refractivity contribution in [1.82, 2.24) is 0 Å². The van der Waals surface area contributed by atoms with E-state index < -0.39 is 0 Å². The third-order valence-corrected chi connectivity index (χ3v) is 2.64. The average molecular weight is 183 g/mol. The standard InChI is InChI=1S/C10H12FS/c1-2-3-8-12-10-7-5-4-6-9(10)11/h4-5,7H,2-3,8H2,1H3. The van der Waals surface area contributed by atoms with Crippen LogP contribution in [0.25, 0.3) is 0 Å². The Labute approximate surface area is 77.2 Å². The van der Waals surface area contributed by atoms with Crippen molar-refractivity contribution >= 4 is 11.8 Å². The molecule has 0 saturated heterocycles. The zero-order valence-electron chi connectivity index (χ0n) is 7.14. The normalized spacial score (nSPS) is 10.2. The highest BCUT2D eigenvalue weighted by atomic mass is 32.2. The lowest BCUT2D eigenvalue weighted by Gasteiger charge is -2.00. The molecular formula is C10H12FS. The van der Waals surface area contributed by atoms with Gasteiger partial charge in [0.1, 0.15) is 5.82 Å². The van der Waals surface area contributed by atoms with Crippen LogP contribution in [0.3, 0.4) is 0 Å². The second kappa shape index (κ2) is 5.20. The minimum atomic E-state index is -0.224. The molecule has 0 aliphatic carbocycles. The zero-order chi connectivity index (χ0) is 8.81. The van der Waals surface area contributed by atoms with Crippen LogP contribution >= 0.6 is 11.8 Å². The van der Waals surface area contributed by atoms with Gasteiger partial charge in [0.15, 0.2) is 0 Å². The number of thioether (sulfide) groups is 1. The van der Waals surface area contributed by atoms with Crippen LogP contribution in [0.5, 0.6) is 0 Å². The van der Waals surface area contributed by atoms with Crippen molar-refractivity contribution in [1.29, 1.82) is 0 Å². The van der Waals surface area contributed by atoms with Crippen LogP contribution in [-0.4, -0.2) is 5.75 Å². The molecule has 0 unspecified atom stereocenters. The molecule has 0 bridgehead atoms. The van der Waals surface area contributed by atoms with Gasteiger partial charge in [-0.1, -0.05) is 25.5 Å². The second-order valence-corrected chi connectivity index (χ2v) is 3.69. The maximum Gasteiger partial charge on any atom is 0.144 e. The van der Waals surface area contributed by atoms with Gasteiger partial charge in [-0.3, -0.25) is 0 Å². The van der Waals surface area contributed by atoms with E-state index in [1.807, 2.05) is 6.07 Å². The van der Waals surface area contributed by atoms with Gasteiger partial charge in [0, 0.05) is 11.0 Å². The topological polar surface area (TPSA) is 0 Å². The van der Waals surface area contributed by atoms with E-state index in [1.165, 1.54) is 0 Å². The summed E-state index contributed by atoms with van der Waals surface area (Å²) in [6.45, 7) is 2.13. The predicted octanol–water partition coefficient (Wildman–Crippen LogP) is 3.52. The van der Waals surface area contributed by atoms with E-state index in [0.29, 0.717) is 4.90 Å². The molecule has 0 amide bonds. The Morgan fingerprint density at radius 3 is 3.08 bits per heavy atom. The molecule has 1 rings (SSSR count). The smallest absolute Gasteiger partial charge is 0.144 e. The van der Waals surface area contributed by atoms with E-state index in [-0.39, 0.29) is 5.82 Å². The van der Waals surface area contributed by atoms with Crippen LogP contribution in [0.4, 0.5) is 4.39 Å². The van der Waals surface area contributed by atoms with Crippen LogP contribution in [0.2, 0.25) is 0 Å². The van der Waals surface area contributed by atoms with Crippen LogP contribution < -0.4 is 0 Å². The third-order valence-electron chi connectivity index (χ3n) is 1.53. The Hall–Kier alpha value is -0.500. The molecule has 2 heteroatoms. The first-order valence-electron chi connectivity index (χ1n) is 4.13. The third kappa shape index (κ3) is 2.86. The van der Waals surface area contributed by atoms with Gasteiger partial charge in [-0.2, -0.15) is 0 Å². The molecule has 0 spiro atoms. The SMILES string of the molecule is CCCCSc1ccc[c]c1F. The highest BCUT2D eigenvalue weighted by Crippen LogP contribution is 2.21. The van der Waals surface area contributed by atoms with Crippen LogP contribution in [-0.2, 0) is 0 Å². The van der Waals surface area contributed by atoms with Crippen molar-refractivity contribution < 1.29 is 4.39 Å². The van der Waals surface area contributed by atoms with Crippen molar-refractivity contribution in [3.05, 3.63) is 30.1 Å². The molecule has 0 heterocycles. The lowest BCUT2D eigenvalue weighted by Crippen LogP contribution is -1.82. The Morgan fingerprint density at radius 2 is 2.42 bits per heavy atom. The van der Waals surface area contributed by atoms with Gasteiger partial charge in [0.05, 0.1) is 0 Å². The lowest BCUT2D eigenvalue weighted by atomic mass is 10.3. The molecule has 0 aliphatic rings. The summed E-state index contributed by atoms with van der Waals surface area (Å²) < 4.78 is 12.9. The molecule has 1 radical (unpaired) electrons. The van der Waals surface area contributed by atoms with E-state index >= 15 is 0 Å². The number of rotatable bonds is 4. The zero-order valence-corrected chi connectivity index (χ0v) is 7.96. The molecule has 1 aromatic rings. The summed E-state index contributed by atoms with van der Waals surface area (Å²) in [7, 11) is 0. The van der Waals surface area contributed by atoms with Gasteiger partial charge in [-0.25, -0.2) is 4.39 Å². The fourth-order valence-corrected chi connectivity index (χ4v) is 1.85. The van der Waals surface area contributed by atoms with Crippen LogP contribution in [0.15, 0.2) is 23.1 Å². The van der Waals surface area contributed by atoms with Crippen molar-refractivity contribution in [3.63, 3.8) is 0 Å². The second-order valence-electron chi connectivity index (χ2n) is 2.55. The molecule has 0 nitrogen and oxygen atoms in total. The Kier molecular flexibility index (Phi) is 4.15. The first-order valence-corrected chi connectivity index (χ1v) is 5.12. The summed E-state index contributed by atoms with van der Waals surface area (Å²) in [5.74, 6) is 0.768. The van der Waals surface area contributed by atoms with Gasteiger partial charge in [-0.15, -0.1) is 11.8 Å². The van der Waals surface area contributed by atoms with Gasteiger partial charge in [0.2, 0.25) is 0 Å². The van der Waals surface area contributed by atoms with Crippen molar-refractivity contribution in [3.8, 4) is 0 Å². The monoisotopic (exact) mass is 183 g/mol. The molecule has 0 aliphatic heterocycles. The summed E-state index contributed by atoms with van der Waals surface area (Å²) in [6, 6.07) is 7.75. The summed E-state index contributed by atoms with van der Waals surface area (Å²) in [6.07, 6.45) is 2.30. The first kappa shape index (κ1) is 9.59. The largest absolute Gasteiger partial charge is 0.205 e. The Morgan fingerprint density at radius 1 is 1.58 bits per heavy atom. The van der Waals surface area contributed by atoms with E-state index in [1.54, 1.807) is 23.9 Å². The summed E-state index contributed by atoms with van der Waals surface area (Å²) in [5.41, 5.74) is 0. The number of halogens is 1. The van der Waals surface area contributed by atoms with E-state index in [0.717, 1.165) is 18.6 Å². The minimum absolute atomic E-state index is 0.224. The van der Waals surface area contributed by atoms with E-state index in [9.17, 15) is 4.39 Å². The van der Waals surface area contributed by atoms with Crippen LogP contribution in [0, 0.1) is 11.9 Å². The molecule has 0 fully saturated rings. The number of hydrogen-bond acceptors (Lipinski definition) is 1. The highest BCUT2D eigenvalue weighted by Gasteiger charge is 1.99. The summed E-state index contributed by atoms with van der Waals surface area (Å²) in [4.78, 5) is 0.714. The van der Waals surface area contributed by atoms with Crippen molar-refractivity contribution in [2.45, 2.75) is 24.7 Å². The molecule has 0 saturated carbocycles. The van der Waals surface area contributed by atoms with Crippen molar-refractivity contribution in [2.75, 3.05) is 5.75 Å². The summed E-state index contributed by atoms with van der Waals surface area (Å²) in [5, 5.41) is 0. The number of hydrogen-bond donors (Lipinski definition) is 0. The maximum absolute atomic E-state index is 12.9. The van der Waals surface area contributed by atoms with Gasteiger partial charge < -0.3 is 0 Å². The molecule has 0 aromatic heterocycles. The van der Waals surface area contributed by atoms with Gasteiger partial charge in [0.25, 0.3) is 0 Å². The quantitative estimate of drug-likeness (QED) is 0.508. The average Bonchev–Trinajstić information content (AvgIpc) is 2.09. The molecule has 0 atom stereocenters. The fourth-order valence-electron chi connectivity index (χ4n) is 0.839. The minimum Gasteiger partial charge on any atom is -0.205 e. The molecule has 0 N–H and O–H groups in total. The summed E-state index contributed by atoms with van der Waals surface area (Å²) >= 11 is 1.57. The number of benzene rings is 1. The molecule has 65 valence electrons. The van der Waals surface area contributed by atoms with Gasteiger partial charge >= 0.3 is 0 Å². The highest BCUT2D eigenvalue weighted by molar-refractivity contribution is 7.99. The van der Waals surface area contributed by atoms with Gasteiger partial charge in [-0.05, 0) is 18.2 Å². The first-order chi connectivity index (χ1) is 5.84. The van der Waals surface area contributed by atoms with Crippen LogP contribution in [0.1, 0.15) is 19.8 Å². The van der Waals surface area contributed by atoms with Crippen molar-refractivity contribution in [2.24, 2.45) is 0 Å². The van der Waals surface area contributed by atoms with E-state index in [2.05, 4.69) is 13.0 Å². The molecule has 12 heavy (non-hydrogen) atoms. The molecule has 1 aromatic carbocycles. The fraction of sp³-hybridized carbons (Fsp3) is 0.400. The Bertz CT molecular complexity index is 235. The maximum atomic E-state index is 12.9. The number of unbranched alkanes of at least 4 members (excludes halogenated alkanes) is 1. The predicted molar refractivity (Wildman–Crippen MR) is 50.9 cm³/mol. The Balaban J connectivity index is 2.46.